The van der Waals surface area contributed by atoms with Crippen molar-refractivity contribution >= 4 is 92.8 Å². The number of nitrogens with zero attached hydrogens (tertiary/aromatic N) is 2. The first kappa shape index (κ1) is 22.0. The molecule has 3 heterocycles. The molecule has 32 heavy (non-hydrogen) atoms. The Labute approximate surface area is 211 Å². The van der Waals surface area contributed by atoms with Crippen molar-refractivity contribution in [2.45, 2.75) is 12.1 Å². The summed E-state index contributed by atoms with van der Waals surface area (Å²) in [5.41, 5.74) is 0.283. The Bertz CT molecular complexity index is 1260. The van der Waals surface area contributed by atoms with Crippen LogP contribution in [0.25, 0.3) is 0 Å². The van der Waals surface area contributed by atoms with Gasteiger partial charge in [0.05, 0.1) is 31.2 Å². The molecule has 1 fully saturated rings. The lowest BCUT2D eigenvalue weighted by atomic mass is 9.90. The van der Waals surface area contributed by atoms with E-state index in [-0.39, 0.29) is 31.2 Å². The predicted molar refractivity (Wildman–Crippen MR) is 127 cm³/mol. The Hall–Kier alpha value is -1.80. The molecule has 0 radical (unpaired) electrons. The van der Waals surface area contributed by atoms with E-state index in [1.54, 1.807) is 24.3 Å². The molecule has 3 aromatic rings. The molecule has 11 heteroatoms. The van der Waals surface area contributed by atoms with Gasteiger partial charge in [-0.1, -0.05) is 64.1 Å². The summed E-state index contributed by atoms with van der Waals surface area (Å²) in [5.74, 6) is -1.91. The summed E-state index contributed by atoms with van der Waals surface area (Å²) in [6.45, 7) is 0. The predicted octanol–water partition coefficient (Wildman–Crippen LogP) is 6.77. The van der Waals surface area contributed by atoms with Gasteiger partial charge in [-0.2, -0.15) is 0 Å². The maximum Gasteiger partial charge on any atom is 0.264 e. The van der Waals surface area contributed by atoms with Gasteiger partial charge in [-0.25, -0.2) is 0 Å². The third-order valence-corrected chi connectivity index (χ3v) is 8.41. The number of rotatable bonds is 3. The summed E-state index contributed by atoms with van der Waals surface area (Å²) in [5, 5.41) is 1.77. The number of imide groups is 1. The van der Waals surface area contributed by atoms with Crippen molar-refractivity contribution in [3.63, 3.8) is 0 Å². The normalized spacial score (nSPS) is 20.1. The zero-order valence-electron chi connectivity index (χ0n) is 15.6. The first-order valence-electron chi connectivity index (χ1n) is 9.10. The lowest BCUT2D eigenvalue weighted by Crippen LogP contribution is -2.67. The van der Waals surface area contributed by atoms with Crippen LogP contribution < -0.4 is 4.90 Å². The van der Waals surface area contributed by atoms with E-state index in [4.69, 9.17) is 58.0 Å². The van der Waals surface area contributed by atoms with Crippen LogP contribution in [0.5, 0.6) is 0 Å². The Morgan fingerprint density at radius 2 is 1.25 bits per heavy atom. The average molecular weight is 547 g/mol. The second-order valence-electron chi connectivity index (χ2n) is 7.08. The van der Waals surface area contributed by atoms with Crippen molar-refractivity contribution in [3.8, 4) is 0 Å². The van der Waals surface area contributed by atoms with Gasteiger partial charge in [-0.3, -0.25) is 24.2 Å². The molecule has 0 spiro atoms. The van der Waals surface area contributed by atoms with E-state index in [0.717, 1.165) is 9.78 Å². The number of carbonyl (C=O) groups is 3. The first-order chi connectivity index (χ1) is 15.2. The third kappa shape index (κ3) is 3.01. The van der Waals surface area contributed by atoms with E-state index in [9.17, 15) is 14.4 Å². The second kappa shape index (κ2) is 7.90. The molecule has 162 valence electrons. The quantitative estimate of drug-likeness (QED) is 0.158. The van der Waals surface area contributed by atoms with Gasteiger partial charge in [0.1, 0.15) is 12.1 Å². The lowest BCUT2D eigenvalue weighted by Gasteiger charge is -2.49. The number of carbonyl (C=O) groups excluding carboxylic acids is 3. The number of hydrogen-bond donors (Lipinski definition) is 0. The van der Waals surface area contributed by atoms with E-state index in [1.807, 2.05) is 17.5 Å². The van der Waals surface area contributed by atoms with Gasteiger partial charge in [0.2, 0.25) is 0 Å². The number of thiophene rings is 1. The molecule has 2 aliphatic rings. The number of anilines is 1. The molecule has 2 aromatic carbocycles. The molecule has 0 aliphatic carbocycles. The highest BCUT2D eigenvalue weighted by molar-refractivity contribution is 7.10. The van der Waals surface area contributed by atoms with Crippen molar-refractivity contribution in [2.75, 3.05) is 4.90 Å². The highest BCUT2D eigenvalue weighted by atomic mass is 35.5. The van der Waals surface area contributed by atoms with E-state index in [2.05, 4.69) is 0 Å². The van der Waals surface area contributed by atoms with Crippen molar-refractivity contribution < 1.29 is 14.4 Å². The second-order valence-corrected chi connectivity index (χ2v) is 10.0. The van der Waals surface area contributed by atoms with Crippen LogP contribution in [-0.4, -0.2) is 28.7 Å². The summed E-state index contributed by atoms with van der Waals surface area (Å²) < 4.78 is 0. The smallest absolute Gasteiger partial charge is 0.264 e. The van der Waals surface area contributed by atoms with Gasteiger partial charge in [-0.05, 0) is 35.7 Å². The van der Waals surface area contributed by atoms with Crippen molar-refractivity contribution in [1.82, 2.24) is 4.90 Å². The zero-order valence-corrected chi connectivity index (χ0v) is 20.2. The molecule has 0 unspecified atom stereocenters. The molecule has 5 nitrogen and oxygen atoms in total. The highest BCUT2D eigenvalue weighted by Gasteiger charge is 2.58. The van der Waals surface area contributed by atoms with E-state index in [1.165, 1.54) is 16.2 Å². The van der Waals surface area contributed by atoms with Gasteiger partial charge in [0, 0.05) is 15.6 Å². The van der Waals surface area contributed by atoms with Crippen molar-refractivity contribution in [3.05, 3.63) is 82.9 Å². The van der Waals surface area contributed by atoms with Gasteiger partial charge >= 0.3 is 0 Å². The van der Waals surface area contributed by atoms with Gasteiger partial charge in [0.15, 0.2) is 0 Å². The topological polar surface area (TPSA) is 57.7 Å². The molecule has 2 atom stereocenters. The number of hydrogen-bond acceptors (Lipinski definition) is 4. The monoisotopic (exact) mass is 544 g/mol. The number of amides is 3. The number of fused-ring (bicyclic) bond motifs is 1. The fraction of sp³-hybridized carbons (Fsp3) is 0.0952. The van der Waals surface area contributed by atoms with Gasteiger partial charge in [-0.15, -0.1) is 11.3 Å². The van der Waals surface area contributed by atoms with Crippen LogP contribution in [0.15, 0.2) is 41.8 Å². The Balaban J connectivity index is 1.61. The number of β-lactam (4-membered cyclic amide) rings is 1. The van der Waals surface area contributed by atoms with Gasteiger partial charge in [0.25, 0.3) is 17.7 Å². The largest absolute Gasteiger partial charge is 0.300 e. The Kier molecular flexibility index (Phi) is 5.44. The molecular weight excluding hydrogens is 538 g/mol. The Morgan fingerprint density at radius 3 is 1.75 bits per heavy atom. The Morgan fingerprint density at radius 1 is 0.688 bits per heavy atom. The lowest BCUT2D eigenvalue weighted by molar-refractivity contribution is -0.130. The maximum absolute atomic E-state index is 13.3. The fourth-order valence-electron chi connectivity index (χ4n) is 3.98. The van der Waals surface area contributed by atoms with Crippen LogP contribution in [0.3, 0.4) is 0 Å². The van der Waals surface area contributed by atoms with Crippen molar-refractivity contribution in [2.24, 2.45) is 0 Å². The molecule has 2 aliphatic heterocycles. The minimum absolute atomic E-state index is 0.127. The molecular formula is C21H9Cl5N2O3S. The zero-order chi connectivity index (χ0) is 22.9. The molecule has 0 N–H and O–H groups in total. The van der Waals surface area contributed by atoms with Crippen LogP contribution >= 0.6 is 69.3 Å². The van der Waals surface area contributed by atoms with Crippen LogP contribution in [0.4, 0.5) is 5.69 Å². The SMILES string of the molecule is O=C1c2c(Cl)c(Cl)c(Cl)c(Cl)c2C(=O)N1[C@H]1C(=O)N(c2ccc(Cl)cc2)[C@H]1c1cccs1. The average Bonchev–Trinajstić information content (AvgIpc) is 3.38. The van der Waals surface area contributed by atoms with Crippen molar-refractivity contribution in [1.29, 1.82) is 0 Å². The molecule has 1 saturated heterocycles. The molecule has 0 bridgehead atoms. The molecule has 3 amide bonds. The van der Waals surface area contributed by atoms with Crippen LogP contribution in [0.2, 0.25) is 25.1 Å². The number of benzene rings is 2. The van der Waals surface area contributed by atoms with E-state index >= 15 is 0 Å². The summed E-state index contributed by atoms with van der Waals surface area (Å²) in [4.78, 5) is 43.1. The molecule has 5 rings (SSSR count). The van der Waals surface area contributed by atoms with E-state index < -0.39 is 29.8 Å². The number of halogens is 5. The maximum atomic E-state index is 13.3. The van der Waals surface area contributed by atoms with Crippen LogP contribution in [-0.2, 0) is 4.79 Å². The fourth-order valence-corrected chi connectivity index (χ4v) is 5.96. The molecule has 0 saturated carbocycles. The van der Waals surface area contributed by atoms with Crippen LogP contribution in [0.1, 0.15) is 31.6 Å². The summed E-state index contributed by atoms with van der Waals surface area (Å²) in [6, 6.07) is 8.72. The standard InChI is InChI=1S/C21H9Cl5N2O3S/c22-8-3-5-9(6-4-8)27-17(10-2-1-7-32-10)18(21(27)31)28-19(29)11-12(20(28)30)14(24)16(26)15(25)13(11)23/h1-7,17-18H/t17-,18+/m0/s1. The van der Waals surface area contributed by atoms with Gasteiger partial charge < -0.3 is 0 Å². The first-order valence-corrected chi connectivity index (χ1v) is 11.9. The van der Waals surface area contributed by atoms with Crippen LogP contribution in [0, 0.1) is 0 Å². The summed E-state index contributed by atoms with van der Waals surface area (Å²) >= 11 is 32.1. The minimum atomic E-state index is -1.08. The third-order valence-electron chi connectivity index (χ3n) is 5.42. The summed E-state index contributed by atoms with van der Waals surface area (Å²) in [6.07, 6.45) is 0. The summed E-state index contributed by atoms with van der Waals surface area (Å²) in [7, 11) is 0. The minimum Gasteiger partial charge on any atom is -0.300 e. The van der Waals surface area contributed by atoms with E-state index in [0.29, 0.717) is 10.7 Å². The highest BCUT2D eigenvalue weighted by Crippen LogP contribution is 2.49. The molecule has 1 aromatic heterocycles.